The molecule has 0 unspecified atom stereocenters. The molecule has 1 aliphatic heterocycles. The molecule has 0 saturated carbocycles. The van der Waals surface area contributed by atoms with E-state index in [1.54, 1.807) is 29.2 Å². The molecule has 144 valence electrons. The van der Waals surface area contributed by atoms with Crippen LogP contribution in [-0.4, -0.2) is 56.8 Å². The third-order valence-electron chi connectivity index (χ3n) is 4.76. The number of nitrogens with zero attached hydrogens (tertiary/aromatic N) is 2. The molecule has 2 aromatic rings. The summed E-state index contributed by atoms with van der Waals surface area (Å²) in [6, 6.07) is 14.2. The molecule has 2 aromatic carbocycles. The van der Waals surface area contributed by atoms with Crippen LogP contribution in [0, 0.1) is 6.92 Å². The highest BCUT2D eigenvalue weighted by Crippen LogP contribution is 2.21. The first-order chi connectivity index (χ1) is 12.9. The molecule has 0 radical (unpaired) electrons. The van der Waals surface area contributed by atoms with Gasteiger partial charge in [0.2, 0.25) is 15.9 Å². The average Bonchev–Trinajstić information content (AvgIpc) is 2.70. The van der Waals surface area contributed by atoms with Gasteiger partial charge in [0.25, 0.3) is 0 Å². The molecule has 1 amide bonds. The predicted octanol–water partition coefficient (Wildman–Crippen LogP) is 2.08. The molecule has 0 N–H and O–H groups in total. The molecular weight excluding hydrogens is 364 g/mol. The molecule has 0 spiro atoms. The normalized spacial score (nSPS) is 15.6. The third-order valence-corrected chi connectivity index (χ3v) is 6.68. The number of rotatable bonds is 5. The Hall–Kier alpha value is -2.38. The van der Waals surface area contributed by atoms with Crippen LogP contribution in [-0.2, 0) is 21.2 Å². The van der Waals surface area contributed by atoms with E-state index in [4.69, 9.17) is 4.74 Å². The van der Waals surface area contributed by atoms with Gasteiger partial charge in [-0.2, -0.15) is 4.31 Å². The highest BCUT2D eigenvalue weighted by molar-refractivity contribution is 7.89. The standard InChI is InChI=1S/C20H24N2O4S/c1-16-3-5-17(6-4-16)15-20(23)21-11-13-22(14-12-21)27(24,25)19-9-7-18(26-2)8-10-19/h3-10H,11-15H2,1-2H3. The molecule has 0 aromatic heterocycles. The summed E-state index contributed by atoms with van der Waals surface area (Å²) in [6.45, 7) is 3.41. The van der Waals surface area contributed by atoms with Gasteiger partial charge in [-0.25, -0.2) is 8.42 Å². The van der Waals surface area contributed by atoms with Gasteiger partial charge in [0.05, 0.1) is 18.4 Å². The molecule has 0 aliphatic carbocycles. The topological polar surface area (TPSA) is 66.9 Å². The molecule has 3 rings (SSSR count). The summed E-state index contributed by atoms with van der Waals surface area (Å²) in [5.74, 6) is 0.640. The summed E-state index contributed by atoms with van der Waals surface area (Å²) in [5.41, 5.74) is 2.13. The van der Waals surface area contributed by atoms with Gasteiger partial charge in [-0.1, -0.05) is 29.8 Å². The summed E-state index contributed by atoms with van der Waals surface area (Å²) >= 11 is 0. The van der Waals surface area contributed by atoms with Gasteiger partial charge in [0.15, 0.2) is 0 Å². The van der Waals surface area contributed by atoms with E-state index in [1.807, 2.05) is 31.2 Å². The summed E-state index contributed by atoms with van der Waals surface area (Å²) in [7, 11) is -2.02. The van der Waals surface area contributed by atoms with E-state index in [2.05, 4.69) is 0 Å². The Balaban J connectivity index is 1.60. The number of methoxy groups -OCH3 is 1. The van der Waals surface area contributed by atoms with Crippen molar-refractivity contribution < 1.29 is 17.9 Å². The number of carbonyl (C=O) groups excluding carboxylic acids is 1. The molecular formula is C20H24N2O4S. The van der Waals surface area contributed by atoms with Gasteiger partial charge in [-0.15, -0.1) is 0 Å². The molecule has 6 nitrogen and oxygen atoms in total. The number of piperazine rings is 1. The lowest BCUT2D eigenvalue weighted by Gasteiger charge is -2.34. The Morgan fingerprint density at radius 1 is 0.963 bits per heavy atom. The fourth-order valence-electron chi connectivity index (χ4n) is 3.07. The van der Waals surface area contributed by atoms with Crippen molar-refractivity contribution in [3.05, 3.63) is 59.7 Å². The van der Waals surface area contributed by atoms with E-state index in [-0.39, 0.29) is 10.8 Å². The molecule has 1 heterocycles. The van der Waals surface area contributed by atoms with Gasteiger partial charge in [-0.05, 0) is 36.8 Å². The highest BCUT2D eigenvalue weighted by Gasteiger charge is 2.30. The van der Waals surface area contributed by atoms with Crippen LogP contribution < -0.4 is 4.74 Å². The lowest BCUT2D eigenvalue weighted by molar-refractivity contribution is -0.131. The Bertz CT molecular complexity index is 885. The maximum absolute atomic E-state index is 12.8. The molecule has 1 saturated heterocycles. The van der Waals surface area contributed by atoms with Crippen molar-refractivity contribution in [2.24, 2.45) is 0 Å². The summed E-state index contributed by atoms with van der Waals surface area (Å²) in [4.78, 5) is 14.5. The van der Waals surface area contributed by atoms with Gasteiger partial charge in [0.1, 0.15) is 5.75 Å². The maximum Gasteiger partial charge on any atom is 0.243 e. The Morgan fingerprint density at radius 3 is 2.11 bits per heavy atom. The van der Waals surface area contributed by atoms with Gasteiger partial charge >= 0.3 is 0 Å². The van der Waals surface area contributed by atoms with Crippen LogP contribution >= 0.6 is 0 Å². The lowest BCUT2D eigenvalue weighted by atomic mass is 10.1. The van der Waals surface area contributed by atoms with Crippen molar-refractivity contribution in [2.75, 3.05) is 33.3 Å². The van der Waals surface area contributed by atoms with Crippen molar-refractivity contribution in [3.8, 4) is 5.75 Å². The van der Waals surface area contributed by atoms with Crippen molar-refractivity contribution in [2.45, 2.75) is 18.2 Å². The smallest absolute Gasteiger partial charge is 0.243 e. The van der Waals surface area contributed by atoms with Gasteiger partial charge in [0, 0.05) is 26.2 Å². The molecule has 27 heavy (non-hydrogen) atoms. The first-order valence-corrected chi connectivity index (χ1v) is 10.3. The van der Waals surface area contributed by atoms with E-state index in [0.717, 1.165) is 11.1 Å². The van der Waals surface area contributed by atoms with Crippen molar-refractivity contribution in [1.29, 1.82) is 0 Å². The largest absolute Gasteiger partial charge is 0.497 e. The number of aryl methyl sites for hydroxylation is 1. The number of hydrogen-bond donors (Lipinski definition) is 0. The molecule has 1 aliphatic rings. The van der Waals surface area contributed by atoms with Crippen LogP contribution in [0.1, 0.15) is 11.1 Å². The van der Waals surface area contributed by atoms with Crippen LogP contribution in [0.5, 0.6) is 5.75 Å². The lowest BCUT2D eigenvalue weighted by Crippen LogP contribution is -2.50. The summed E-state index contributed by atoms with van der Waals surface area (Å²) in [6.07, 6.45) is 0.339. The number of benzene rings is 2. The predicted molar refractivity (Wildman–Crippen MR) is 103 cm³/mol. The Labute approximate surface area is 160 Å². The Kier molecular flexibility index (Phi) is 5.82. The van der Waals surface area contributed by atoms with Crippen molar-refractivity contribution in [1.82, 2.24) is 9.21 Å². The zero-order valence-corrected chi connectivity index (χ0v) is 16.4. The van der Waals surface area contributed by atoms with E-state index >= 15 is 0 Å². The number of hydrogen-bond acceptors (Lipinski definition) is 4. The highest BCUT2D eigenvalue weighted by atomic mass is 32.2. The minimum Gasteiger partial charge on any atom is -0.497 e. The van der Waals surface area contributed by atoms with Crippen molar-refractivity contribution in [3.63, 3.8) is 0 Å². The van der Waals surface area contributed by atoms with E-state index < -0.39 is 10.0 Å². The van der Waals surface area contributed by atoms with Gasteiger partial charge < -0.3 is 9.64 Å². The first-order valence-electron chi connectivity index (χ1n) is 8.87. The first kappa shape index (κ1) is 19.4. The quantitative estimate of drug-likeness (QED) is 0.787. The minimum absolute atomic E-state index is 0.0281. The average molecular weight is 388 g/mol. The molecule has 0 bridgehead atoms. The summed E-state index contributed by atoms with van der Waals surface area (Å²) < 4.78 is 32.0. The fraction of sp³-hybridized carbons (Fsp3) is 0.350. The number of ether oxygens (including phenoxy) is 1. The monoisotopic (exact) mass is 388 g/mol. The van der Waals surface area contributed by atoms with Crippen LogP contribution in [0.15, 0.2) is 53.4 Å². The second-order valence-electron chi connectivity index (χ2n) is 6.62. The maximum atomic E-state index is 12.8. The number of carbonyl (C=O) groups is 1. The van der Waals surface area contributed by atoms with E-state index in [1.165, 1.54) is 11.4 Å². The molecule has 7 heteroatoms. The molecule has 0 atom stereocenters. The third kappa shape index (κ3) is 4.48. The Morgan fingerprint density at radius 2 is 1.56 bits per heavy atom. The number of sulfonamides is 1. The second kappa shape index (κ2) is 8.10. The SMILES string of the molecule is COc1ccc(S(=O)(=O)N2CCN(C(=O)Cc3ccc(C)cc3)CC2)cc1. The number of amides is 1. The zero-order chi connectivity index (χ0) is 19.4. The van der Waals surface area contributed by atoms with Crippen molar-refractivity contribution >= 4 is 15.9 Å². The van der Waals surface area contributed by atoms with Crippen LogP contribution in [0.3, 0.4) is 0 Å². The second-order valence-corrected chi connectivity index (χ2v) is 8.56. The fourth-order valence-corrected chi connectivity index (χ4v) is 4.49. The van der Waals surface area contributed by atoms with E-state index in [0.29, 0.717) is 38.3 Å². The zero-order valence-electron chi connectivity index (χ0n) is 15.6. The van der Waals surface area contributed by atoms with Gasteiger partial charge in [-0.3, -0.25) is 4.79 Å². The molecule has 1 fully saturated rings. The van der Waals surface area contributed by atoms with Crippen LogP contribution in [0.25, 0.3) is 0 Å². The summed E-state index contributed by atoms with van der Waals surface area (Å²) in [5, 5.41) is 0. The van der Waals surface area contributed by atoms with Crippen LogP contribution in [0.4, 0.5) is 0 Å². The van der Waals surface area contributed by atoms with E-state index in [9.17, 15) is 13.2 Å². The minimum atomic E-state index is -3.56. The van der Waals surface area contributed by atoms with Crippen LogP contribution in [0.2, 0.25) is 0 Å².